The Balaban J connectivity index is 1.56. The van der Waals surface area contributed by atoms with E-state index in [9.17, 15) is 23.2 Å². The molecule has 1 amide bonds. The van der Waals surface area contributed by atoms with Crippen molar-refractivity contribution in [2.45, 2.75) is 45.8 Å². The molecule has 0 aliphatic carbocycles. The number of fused-ring (bicyclic) bond motifs is 1. The molecule has 1 N–H and O–H groups in total. The molecule has 0 saturated carbocycles. The lowest BCUT2D eigenvalue weighted by Gasteiger charge is -2.11. The summed E-state index contributed by atoms with van der Waals surface area (Å²) >= 11 is 0. The highest BCUT2D eigenvalue weighted by Crippen LogP contribution is 2.16. The molecule has 186 valence electrons. The van der Waals surface area contributed by atoms with E-state index < -0.39 is 25.1 Å². The lowest BCUT2D eigenvalue weighted by Crippen LogP contribution is -2.31. The van der Waals surface area contributed by atoms with Gasteiger partial charge in [-0.3, -0.25) is 9.59 Å². The van der Waals surface area contributed by atoms with E-state index >= 15 is 0 Å². The number of amides is 1. The van der Waals surface area contributed by atoms with E-state index in [0.29, 0.717) is 23.7 Å². The van der Waals surface area contributed by atoms with Gasteiger partial charge in [-0.25, -0.2) is 9.48 Å². The Kier molecular flexibility index (Phi) is 9.28. The van der Waals surface area contributed by atoms with Crippen molar-refractivity contribution in [2.75, 3.05) is 13.2 Å². The van der Waals surface area contributed by atoms with Crippen LogP contribution in [0.1, 0.15) is 42.2 Å². The van der Waals surface area contributed by atoms with Gasteiger partial charge >= 0.3 is 12.6 Å². The van der Waals surface area contributed by atoms with Crippen molar-refractivity contribution in [2.24, 2.45) is 0 Å². The summed E-state index contributed by atoms with van der Waals surface area (Å²) in [4.78, 5) is 37.6. The van der Waals surface area contributed by atoms with Gasteiger partial charge in [0.05, 0.1) is 5.39 Å². The lowest BCUT2D eigenvalue weighted by molar-refractivity contribution is -0.124. The first kappa shape index (κ1) is 25.8. The van der Waals surface area contributed by atoms with E-state index in [0.717, 1.165) is 24.8 Å². The third-order valence-electron chi connectivity index (χ3n) is 5.25. The largest absolute Gasteiger partial charge is 0.451 e. The Labute approximate surface area is 200 Å². The second kappa shape index (κ2) is 12.6. The van der Waals surface area contributed by atoms with Crippen LogP contribution < -0.4 is 15.6 Å². The fourth-order valence-corrected chi connectivity index (χ4v) is 3.48. The van der Waals surface area contributed by atoms with E-state index in [1.165, 1.54) is 16.8 Å². The molecular formula is C25H27F2N3O5. The zero-order chi connectivity index (χ0) is 25.2. The number of rotatable bonds is 12. The number of alkyl halides is 2. The summed E-state index contributed by atoms with van der Waals surface area (Å²) in [5.74, 6) is -1.25. The monoisotopic (exact) mass is 487 g/mol. The van der Waals surface area contributed by atoms with Crippen LogP contribution in [0.4, 0.5) is 8.78 Å². The molecule has 2 aromatic carbocycles. The van der Waals surface area contributed by atoms with Crippen LogP contribution in [0.15, 0.2) is 53.3 Å². The van der Waals surface area contributed by atoms with Gasteiger partial charge in [-0.2, -0.15) is 13.9 Å². The Morgan fingerprint density at radius 2 is 1.77 bits per heavy atom. The highest BCUT2D eigenvalue weighted by molar-refractivity contribution is 6.02. The molecule has 3 aromatic rings. The molecule has 35 heavy (non-hydrogen) atoms. The molecular weight excluding hydrogens is 460 g/mol. The highest BCUT2D eigenvalue weighted by Gasteiger charge is 2.19. The normalized spacial score (nSPS) is 11.0. The number of carbonyl (C=O) groups is 2. The van der Waals surface area contributed by atoms with Gasteiger partial charge < -0.3 is 14.8 Å². The second-order valence-corrected chi connectivity index (χ2v) is 7.83. The minimum Gasteiger partial charge on any atom is -0.451 e. The van der Waals surface area contributed by atoms with Crippen molar-refractivity contribution < 1.29 is 27.8 Å². The molecule has 8 nitrogen and oxygen atoms in total. The van der Waals surface area contributed by atoms with Crippen molar-refractivity contribution >= 4 is 22.6 Å². The first-order valence-electron chi connectivity index (χ1n) is 11.4. The predicted octanol–water partition coefficient (Wildman–Crippen LogP) is 3.70. The fraction of sp³-hybridized carbons (Fsp3) is 0.360. The number of halogens is 2. The van der Waals surface area contributed by atoms with Crippen molar-refractivity contribution in [1.29, 1.82) is 0 Å². The van der Waals surface area contributed by atoms with Crippen molar-refractivity contribution in [3.05, 3.63) is 70.1 Å². The van der Waals surface area contributed by atoms with E-state index in [1.807, 2.05) is 6.92 Å². The Morgan fingerprint density at radius 1 is 1.06 bits per heavy atom. The molecule has 0 spiro atoms. The van der Waals surface area contributed by atoms with Gasteiger partial charge in [-0.05, 0) is 36.6 Å². The number of esters is 1. The average molecular weight is 488 g/mol. The van der Waals surface area contributed by atoms with Crippen LogP contribution >= 0.6 is 0 Å². The minimum absolute atomic E-state index is 0.0180. The fourth-order valence-electron chi connectivity index (χ4n) is 3.48. The second-order valence-electron chi connectivity index (χ2n) is 7.83. The Bertz CT molecular complexity index is 1210. The maximum Gasteiger partial charge on any atom is 0.387 e. The van der Waals surface area contributed by atoms with Crippen LogP contribution in [0.2, 0.25) is 0 Å². The molecule has 1 aromatic heterocycles. The standard InChI is InChI=1S/C25H27F2N3O5/c1-2-3-6-15-30-23(32)20-8-5-4-7-19(20)22(29-30)24(33)34-16-21(31)28-14-13-17-9-11-18(12-10-17)35-25(26)27/h4-5,7-12,25H,2-3,6,13-16H2,1H3,(H,28,31). The molecule has 0 radical (unpaired) electrons. The first-order valence-corrected chi connectivity index (χ1v) is 11.4. The summed E-state index contributed by atoms with van der Waals surface area (Å²) in [6.07, 6.45) is 3.10. The lowest BCUT2D eigenvalue weighted by atomic mass is 10.1. The summed E-state index contributed by atoms with van der Waals surface area (Å²) in [6.45, 7) is -0.708. The summed E-state index contributed by atoms with van der Waals surface area (Å²) < 4.78 is 35.1. The van der Waals surface area contributed by atoms with Crippen LogP contribution in [0.25, 0.3) is 10.8 Å². The first-order chi connectivity index (χ1) is 16.9. The van der Waals surface area contributed by atoms with Gasteiger partial charge in [0.1, 0.15) is 5.75 Å². The quantitative estimate of drug-likeness (QED) is 0.309. The maximum absolute atomic E-state index is 12.7. The zero-order valence-electron chi connectivity index (χ0n) is 19.3. The number of aryl methyl sites for hydroxylation is 1. The molecule has 0 unspecified atom stereocenters. The van der Waals surface area contributed by atoms with Crippen molar-refractivity contribution in [3.8, 4) is 5.75 Å². The topological polar surface area (TPSA) is 99.5 Å². The van der Waals surface area contributed by atoms with Crippen LogP contribution in [0, 0.1) is 0 Å². The summed E-state index contributed by atoms with van der Waals surface area (Å²) in [6, 6.07) is 12.7. The van der Waals surface area contributed by atoms with Gasteiger partial charge in [-0.15, -0.1) is 0 Å². The number of carbonyl (C=O) groups excluding carboxylic acids is 2. The van der Waals surface area contributed by atoms with Gasteiger partial charge in [0.15, 0.2) is 12.3 Å². The van der Waals surface area contributed by atoms with Crippen molar-refractivity contribution in [1.82, 2.24) is 15.1 Å². The van der Waals surface area contributed by atoms with Crippen LogP contribution in [0.3, 0.4) is 0 Å². The van der Waals surface area contributed by atoms with E-state index in [1.54, 1.807) is 36.4 Å². The van der Waals surface area contributed by atoms with Gasteiger partial charge in [0.2, 0.25) is 0 Å². The van der Waals surface area contributed by atoms with Gasteiger partial charge in [0.25, 0.3) is 11.5 Å². The Hall–Kier alpha value is -3.82. The summed E-state index contributed by atoms with van der Waals surface area (Å²) in [5.41, 5.74) is 0.514. The number of nitrogens with one attached hydrogen (secondary N) is 1. The Morgan fingerprint density at radius 3 is 2.46 bits per heavy atom. The smallest absolute Gasteiger partial charge is 0.387 e. The molecule has 3 rings (SSSR count). The maximum atomic E-state index is 12.7. The van der Waals surface area contributed by atoms with Gasteiger partial charge in [0, 0.05) is 18.5 Å². The minimum atomic E-state index is -2.89. The predicted molar refractivity (Wildman–Crippen MR) is 126 cm³/mol. The molecule has 0 atom stereocenters. The van der Waals surface area contributed by atoms with E-state index in [-0.39, 0.29) is 23.5 Å². The van der Waals surface area contributed by atoms with Crippen molar-refractivity contribution in [3.63, 3.8) is 0 Å². The molecule has 1 heterocycles. The van der Waals surface area contributed by atoms with Crippen LogP contribution in [0.5, 0.6) is 5.75 Å². The molecule has 0 aliphatic heterocycles. The number of hydrogen-bond donors (Lipinski definition) is 1. The van der Waals surface area contributed by atoms with Crippen LogP contribution in [-0.4, -0.2) is 41.4 Å². The number of aromatic nitrogens is 2. The highest BCUT2D eigenvalue weighted by atomic mass is 19.3. The third-order valence-corrected chi connectivity index (χ3v) is 5.25. The third kappa shape index (κ3) is 7.33. The molecule has 0 bridgehead atoms. The number of nitrogens with zero attached hydrogens (tertiary/aromatic N) is 2. The zero-order valence-corrected chi connectivity index (χ0v) is 19.3. The number of hydrogen-bond acceptors (Lipinski definition) is 6. The molecule has 0 aliphatic rings. The molecule has 0 fully saturated rings. The average Bonchev–Trinajstić information content (AvgIpc) is 2.85. The molecule has 0 saturated heterocycles. The number of benzene rings is 2. The SMILES string of the molecule is CCCCCn1nc(C(=O)OCC(=O)NCCc2ccc(OC(F)F)cc2)c2ccccc2c1=O. The van der Waals surface area contributed by atoms with Gasteiger partial charge in [-0.1, -0.05) is 50.1 Å². The summed E-state index contributed by atoms with van der Waals surface area (Å²) in [7, 11) is 0. The molecule has 10 heteroatoms. The van der Waals surface area contributed by atoms with E-state index in [2.05, 4.69) is 15.2 Å². The summed E-state index contributed by atoms with van der Waals surface area (Å²) in [5, 5.41) is 7.58. The number of ether oxygens (including phenoxy) is 2. The van der Waals surface area contributed by atoms with E-state index in [4.69, 9.17) is 4.74 Å². The van der Waals surface area contributed by atoms with Crippen LogP contribution in [-0.2, 0) is 22.5 Å². The number of unbranched alkanes of at least 4 members (excludes halogenated alkanes) is 2.